The summed E-state index contributed by atoms with van der Waals surface area (Å²) < 4.78 is 35.1. The Morgan fingerprint density at radius 2 is 2.08 bits per heavy atom. The molecule has 0 aliphatic carbocycles. The Kier molecular flexibility index (Phi) is 2.50. The summed E-state index contributed by atoms with van der Waals surface area (Å²) in [5.41, 5.74) is 0. The maximum atomic E-state index is 11.7. The van der Waals surface area contributed by atoms with Gasteiger partial charge in [-0.2, -0.15) is 13.2 Å². The number of nitrogens with one attached hydrogen (secondary N) is 1. The molecule has 1 aromatic rings. The van der Waals surface area contributed by atoms with Crippen LogP contribution in [0.3, 0.4) is 0 Å². The van der Waals surface area contributed by atoms with Gasteiger partial charge in [-0.1, -0.05) is 11.3 Å². The van der Waals surface area contributed by atoms with Crippen LogP contribution in [0.2, 0.25) is 0 Å². The van der Waals surface area contributed by atoms with Gasteiger partial charge in [0.25, 0.3) is 0 Å². The van der Waals surface area contributed by atoms with Gasteiger partial charge in [0, 0.05) is 0 Å². The van der Waals surface area contributed by atoms with Crippen LogP contribution in [0.15, 0.2) is 0 Å². The number of nitrogens with zero attached hydrogens (tertiary/aromatic N) is 2. The number of aryl methyl sites for hydroxylation is 1. The fraction of sp³-hybridized carbons (Fsp3) is 0.400. The fourth-order valence-electron chi connectivity index (χ4n) is 0.515. The van der Waals surface area contributed by atoms with Crippen LogP contribution in [0.1, 0.15) is 5.01 Å². The van der Waals surface area contributed by atoms with E-state index in [1.807, 2.05) is 0 Å². The average molecular weight is 211 g/mol. The van der Waals surface area contributed by atoms with Crippen molar-refractivity contribution in [3.8, 4) is 0 Å². The predicted octanol–water partition coefficient (Wildman–Crippen LogP) is 1.35. The first-order valence-electron chi connectivity index (χ1n) is 3.08. The molecule has 0 saturated heterocycles. The average Bonchev–Trinajstić information content (AvgIpc) is 2.33. The Bertz CT molecular complexity index is 321. The Hall–Kier alpha value is -1.18. The highest BCUT2D eigenvalue weighted by Crippen LogP contribution is 2.19. The van der Waals surface area contributed by atoms with Gasteiger partial charge in [0.1, 0.15) is 5.01 Å². The van der Waals surface area contributed by atoms with E-state index in [0.717, 1.165) is 11.3 Å². The lowest BCUT2D eigenvalue weighted by molar-refractivity contribution is -0.167. The molecule has 8 heteroatoms. The van der Waals surface area contributed by atoms with Crippen LogP contribution in [-0.2, 0) is 4.79 Å². The van der Waals surface area contributed by atoms with Crippen molar-refractivity contribution in [2.24, 2.45) is 0 Å². The normalized spacial score (nSPS) is 11.4. The molecular weight excluding hydrogens is 207 g/mol. The third kappa shape index (κ3) is 2.65. The number of anilines is 1. The quantitative estimate of drug-likeness (QED) is 0.762. The highest BCUT2D eigenvalue weighted by Gasteiger charge is 2.39. The second-order valence-corrected chi connectivity index (χ2v) is 3.26. The minimum atomic E-state index is -4.89. The summed E-state index contributed by atoms with van der Waals surface area (Å²) in [6.45, 7) is 1.57. The lowest BCUT2D eigenvalue weighted by atomic mass is 10.6. The van der Waals surface area contributed by atoms with Gasteiger partial charge >= 0.3 is 12.1 Å². The second-order valence-electron chi connectivity index (χ2n) is 2.08. The third-order valence-electron chi connectivity index (χ3n) is 1.00. The molecule has 1 rings (SSSR count). The van der Waals surface area contributed by atoms with Crippen LogP contribution in [-0.4, -0.2) is 22.3 Å². The summed E-state index contributed by atoms with van der Waals surface area (Å²) in [7, 11) is 0. The van der Waals surface area contributed by atoms with E-state index in [-0.39, 0.29) is 5.13 Å². The number of rotatable bonds is 1. The van der Waals surface area contributed by atoms with Gasteiger partial charge in [0.2, 0.25) is 5.13 Å². The van der Waals surface area contributed by atoms with Crippen molar-refractivity contribution >= 4 is 22.4 Å². The number of carbonyl (C=O) groups is 1. The predicted molar refractivity (Wildman–Crippen MR) is 39.3 cm³/mol. The van der Waals surface area contributed by atoms with E-state index < -0.39 is 12.1 Å². The van der Waals surface area contributed by atoms with Crippen molar-refractivity contribution in [2.75, 3.05) is 5.32 Å². The summed E-state index contributed by atoms with van der Waals surface area (Å²) in [5.74, 6) is -2.04. The van der Waals surface area contributed by atoms with Gasteiger partial charge in [-0.3, -0.25) is 10.1 Å². The van der Waals surface area contributed by atoms with Crippen LogP contribution in [0.25, 0.3) is 0 Å². The van der Waals surface area contributed by atoms with Gasteiger partial charge in [0.05, 0.1) is 0 Å². The molecule has 13 heavy (non-hydrogen) atoms. The number of hydrogen-bond acceptors (Lipinski definition) is 4. The molecule has 0 fully saturated rings. The molecule has 1 N–H and O–H groups in total. The molecular formula is C5H4F3N3OS. The number of halogens is 3. The molecule has 0 bridgehead atoms. The van der Waals surface area contributed by atoms with E-state index in [1.165, 1.54) is 0 Å². The topological polar surface area (TPSA) is 54.9 Å². The van der Waals surface area contributed by atoms with Crippen molar-refractivity contribution in [1.29, 1.82) is 0 Å². The molecule has 0 radical (unpaired) electrons. The monoisotopic (exact) mass is 211 g/mol. The molecule has 0 spiro atoms. The summed E-state index contributed by atoms with van der Waals surface area (Å²) >= 11 is 0.878. The fourth-order valence-corrected chi connectivity index (χ4v) is 1.10. The number of hydrogen-bond donors (Lipinski definition) is 1. The molecule has 0 aliphatic heterocycles. The second kappa shape index (κ2) is 3.29. The van der Waals surface area contributed by atoms with Gasteiger partial charge in [0.15, 0.2) is 0 Å². The Labute approximate surface area is 74.8 Å². The minimum Gasteiger partial charge on any atom is -0.293 e. The van der Waals surface area contributed by atoms with Crippen LogP contribution in [0.5, 0.6) is 0 Å². The molecule has 72 valence electrons. The first-order valence-corrected chi connectivity index (χ1v) is 3.89. The maximum absolute atomic E-state index is 11.7. The van der Waals surface area contributed by atoms with Crippen molar-refractivity contribution < 1.29 is 18.0 Å². The summed E-state index contributed by atoms with van der Waals surface area (Å²) in [5, 5.41) is 8.66. The molecule has 0 saturated carbocycles. The molecule has 1 amide bonds. The zero-order chi connectivity index (χ0) is 10.1. The van der Waals surface area contributed by atoms with Crippen molar-refractivity contribution in [3.05, 3.63) is 5.01 Å². The van der Waals surface area contributed by atoms with Crippen LogP contribution < -0.4 is 5.32 Å². The van der Waals surface area contributed by atoms with Crippen LogP contribution in [0.4, 0.5) is 18.3 Å². The van der Waals surface area contributed by atoms with Gasteiger partial charge < -0.3 is 0 Å². The molecule has 1 heterocycles. The maximum Gasteiger partial charge on any atom is 0.471 e. The Balaban J connectivity index is 2.65. The smallest absolute Gasteiger partial charge is 0.293 e. The molecule has 0 atom stereocenters. The van der Waals surface area contributed by atoms with Gasteiger partial charge in [-0.15, -0.1) is 10.2 Å². The highest BCUT2D eigenvalue weighted by atomic mass is 32.1. The van der Waals surface area contributed by atoms with Crippen molar-refractivity contribution in [3.63, 3.8) is 0 Å². The highest BCUT2D eigenvalue weighted by molar-refractivity contribution is 7.15. The largest absolute Gasteiger partial charge is 0.471 e. The number of aromatic nitrogens is 2. The summed E-state index contributed by atoms with van der Waals surface area (Å²) in [4.78, 5) is 10.3. The molecule has 0 aliphatic rings. The van der Waals surface area contributed by atoms with Gasteiger partial charge in [-0.05, 0) is 6.92 Å². The molecule has 4 nitrogen and oxygen atoms in total. The Morgan fingerprint density at radius 3 is 2.46 bits per heavy atom. The molecule has 1 aromatic heterocycles. The standard InChI is InChI=1S/C5H4F3N3OS/c1-2-10-11-4(13-2)9-3(12)5(6,7)8/h1H3,(H,9,11,12). The Morgan fingerprint density at radius 1 is 1.46 bits per heavy atom. The lowest BCUT2D eigenvalue weighted by Crippen LogP contribution is -2.29. The molecule has 0 unspecified atom stereocenters. The zero-order valence-electron chi connectivity index (χ0n) is 6.34. The van der Waals surface area contributed by atoms with E-state index in [4.69, 9.17) is 0 Å². The lowest BCUT2D eigenvalue weighted by Gasteiger charge is -2.03. The first-order chi connectivity index (χ1) is 5.89. The number of carbonyl (C=O) groups excluding carboxylic acids is 1. The SMILES string of the molecule is Cc1nnc(NC(=O)C(F)(F)F)s1. The number of amides is 1. The van der Waals surface area contributed by atoms with Crippen molar-refractivity contribution in [1.82, 2.24) is 10.2 Å². The van der Waals surface area contributed by atoms with Crippen molar-refractivity contribution in [2.45, 2.75) is 13.1 Å². The summed E-state index contributed by atoms with van der Waals surface area (Å²) in [6.07, 6.45) is -4.89. The van der Waals surface area contributed by atoms with E-state index in [0.29, 0.717) is 5.01 Å². The molecule has 0 aromatic carbocycles. The van der Waals surface area contributed by atoms with E-state index in [9.17, 15) is 18.0 Å². The van der Waals surface area contributed by atoms with E-state index in [2.05, 4.69) is 10.2 Å². The zero-order valence-corrected chi connectivity index (χ0v) is 7.16. The van der Waals surface area contributed by atoms with Crippen LogP contribution >= 0.6 is 11.3 Å². The van der Waals surface area contributed by atoms with Crippen LogP contribution in [0, 0.1) is 6.92 Å². The number of alkyl halides is 3. The summed E-state index contributed by atoms with van der Waals surface area (Å²) in [6, 6.07) is 0. The third-order valence-corrected chi connectivity index (χ3v) is 1.76. The minimum absolute atomic E-state index is 0.153. The van der Waals surface area contributed by atoms with Gasteiger partial charge in [-0.25, -0.2) is 0 Å². The van der Waals surface area contributed by atoms with E-state index >= 15 is 0 Å². The first kappa shape index (κ1) is 9.90. The van der Waals surface area contributed by atoms with E-state index in [1.54, 1.807) is 12.2 Å².